The van der Waals surface area contributed by atoms with Crippen molar-refractivity contribution in [1.29, 1.82) is 0 Å². The lowest BCUT2D eigenvalue weighted by atomic mass is 10.1. The summed E-state index contributed by atoms with van der Waals surface area (Å²) in [5.74, 6) is 0. The van der Waals surface area contributed by atoms with E-state index in [4.69, 9.17) is 0 Å². The molecule has 130 valence electrons. The van der Waals surface area contributed by atoms with E-state index < -0.39 is 10.0 Å². The van der Waals surface area contributed by atoms with Crippen molar-refractivity contribution in [2.24, 2.45) is 0 Å². The first-order valence-corrected chi connectivity index (χ1v) is 10.2. The van der Waals surface area contributed by atoms with Crippen LogP contribution in [0.1, 0.15) is 0 Å². The number of para-hydroxylation sites is 1. The van der Waals surface area contributed by atoms with Crippen LogP contribution in [-0.2, 0) is 10.0 Å². The Morgan fingerprint density at radius 3 is 2.32 bits per heavy atom. The second-order valence-electron chi connectivity index (χ2n) is 5.43. The minimum Gasteiger partial charge on any atom is -0.299 e. The van der Waals surface area contributed by atoms with Gasteiger partial charge in [-0.05, 0) is 24.3 Å². The maximum atomic E-state index is 11.6. The van der Waals surface area contributed by atoms with Gasteiger partial charge in [-0.25, -0.2) is 13.4 Å². The summed E-state index contributed by atoms with van der Waals surface area (Å²) < 4.78 is 24.4. The molecule has 0 saturated heterocycles. The summed E-state index contributed by atoms with van der Waals surface area (Å²) >= 11 is 1.49. The number of hydrazine groups is 1. The Balaban J connectivity index is 1.70. The predicted octanol–water partition coefficient (Wildman–Crippen LogP) is 3.64. The summed E-state index contributed by atoms with van der Waals surface area (Å²) in [6.07, 6.45) is 1.18. The van der Waals surface area contributed by atoms with Gasteiger partial charge in [-0.15, -0.1) is 11.3 Å². The molecule has 0 saturated carbocycles. The summed E-state index contributed by atoms with van der Waals surface area (Å²) in [6, 6.07) is 17.0. The van der Waals surface area contributed by atoms with Gasteiger partial charge in [-0.2, -0.15) is 0 Å². The molecule has 0 aliphatic carbocycles. The minimum absolute atomic E-state index is 0.616. The molecule has 25 heavy (non-hydrogen) atoms. The first-order chi connectivity index (χ1) is 11.9. The van der Waals surface area contributed by atoms with Crippen LogP contribution in [0, 0.1) is 0 Å². The van der Waals surface area contributed by atoms with E-state index >= 15 is 0 Å². The van der Waals surface area contributed by atoms with Crippen molar-refractivity contribution < 1.29 is 8.42 Å². The normalized spacial score (nSPS) is 11.1. The molecule has 0 unspecified atom stereocenters. The Morgan fingerprint density at radius 2 is 1.68 bits per heavy atom. The van der Waals surface area contributed by atoms with E-state index in [1.54, 1.807) is 12.1 Å². The number of nitrogens with zero attached hydrogens (tertiary/aromatic N) is 2. The van der Waals surface area contributed by atoms with Gasteiger partial charge in [0.2, 0.25) is 15.2 Å². The average molecular weight is 374 g/mol. The standard InChI is InChI=1S/C17H18N4O2S2/c1-21(25(2,22)23)15-10-8-13(9-11-15)16-12-24-17(18-16)20-19-14-6-4-3-5-7-14/h3-12,19H,1-2H3,(H,18,20). The Labute approximate surface area is 151 Å². The van der Waals surface area contributed by atoms with Crippen LogP contribution < -0.4 is 15.2 Å². The summed E-state index contributed by atoms with van der Waals surface area (Å²) in [4.78, 5) is 4.53. The van der Waals surface area contributed by atoms with Crippen LogP contribution in [0.25, 0.3) is 11.3 Å². The number of rotatable bonds is 6. The van der Waals surface area contributed by atoms with Crippen LogP contribution in [0.3, 0.4) is 0 Å². The van der Waals surface area contributed by atoms with Crippen LogP contribution in [-0.4, -0.2) is 26.7 Å². The Hall–Kier alpha value is -2.58. The maximum Gasteiger partial charge on any atom is 0.231 e. The van der Waals surface area contributed by atoms with Gasteiger partial charge in [0, 0.05) is 18.0 Å². The van der Waals surface area contributed by atoms with Crippen molar-refractivity contribution in [3.8, 4) is 11.3 Å². The lowest BCUT2D eigenvalue weighted by Crippen LogP contribution is -2.24. The van der Waals surface area contributed by atoms with Gasteiger partial charge >= 0.3 is 0 Å². The van der Waals surface area contributed by atoms with E-state index in [1.165, 1.54) is 28.9 Å². The Kier molecular flexibility index (Phi) is 4.91. The fraction of sp³-hybridized carbons (Fsp3) is 0.118. The fourth-order valence-electron chi connectivity index (χ4n) is 2.14. The molecular formula is C17H18N4O2S2. The van der Waals surface area contributed by atoms with E-state index in [-0.39, 0.29) is 0 Å². The molecule has 0 aliphatic rings. The largest absolute Gasteiger partial charge is 0.299 e. The summed E-state index contributed by atoms with van der Waals surface area (Å²) in [5, 5.41) is 2.70. The first-order valence-electron chi connectivity index (χ1n) is 7.50. The monoisotopic (exact) mass is 374 g/mol. The topological polar surface area (TPSA) is 74.3 Å². The smallest absolute Gasteiger partial charge is 0.231 e. The molecule has 2 aromatic carbocycles. The van der Waals surface area contributed by atoms with E-state index in [0.29, 0.717) is 5.69 Å². The van der Waals surface area contributed by atoms with E-state index in [0.717, 1.165) is 22.1 Å². The number of hydrogen-bond acceptors (Lipinski definition) is 6. The lowest BCUT2D eigenvalue weighted by molar-refractivity contribution is 0.600. The SMILES string of the molecule is CN(c1ccc(-c2csc(NNc3ccccc3)n2)cc1)S(C)(=O)=O. The van der Waals surface area contributed by atoms with Crippen molar-refractivity contribution >= 4 is 37.9 Å². The quantitative estimate of drug-likeness (QED) is 0.644. The molecule has 0 fully saturated rings. The van der Waals surface area contributed by atoms with E-state index in [9.17, 15) is 8.42 Å². The zero-order valence-electron chi connectivity index (χ0n) is 13.8. The molecule has 3 rings (SSSR count). The minimum atomic E-state index is -3.26. The zero-order chi connectivity index (χ0) is 17.9. The van der Waals surface area contributed by atoms with Crippen molar-refractivity contribution in [3.05, 3.63) is 60.0 Å². The number of hydrogen-bond donors (Lipinski definition) is 2. The molecule has 8 heteroatoms. The summed E-state index contributed by atoms with van der Waals surface area (Å²) in [6.45, 7) is 0. The molecule has 2 N–H and O–H groups in total. The third-order valence-corrected chi connectivity index (χ3v) is 5.58. The molecular weight excluding hydrogens is 356 g/mol. The number of thiazole rings is 1. The van der Waals surface area contributed by atoms with Gasteiger partial charge in [0.15, 0.2) is 0 Å². The number of benzene rings is 2. The van der Waals surface area contributed by atoms with E-state index in [1.807, 2.05) is 47.8 Å². The second kappa shape index (κ2) is 7.12. The van der Waals surface area contributed by atoms with Gasteiger partial charge < -0.3 is 0 Å². The van der Waals surface area contributed by atoms with Gasteiger partial charge in [0.25, 0.3) is 0 Å². The molecule has 3 aromatic rings. The van der Waals surface area contributed by atoms with Crippen LogP contribution in [0.15, 0.2) is 60.0 Å². The van der Waals surface area contributed by atoms with Crippen LogP contribution in [0.2, 0.25) is 0 Å². The second-order valence-corrected chi connectivity index (χ2v) is 8.30. The molecule has 0 bridgehead atoms. The number of nitrogens with one attached hydrogen (secondary N) is 2. The predicted molar refractivity (Wildman–Crippen MR) is 104 cm³/mol. The molecule has 0 spiro atoms. The highest BCUT2D eigenvalue weighted by Crippen LogP contribution is 2.27. The number of aromatic nitrogens is 1. The van der Waals surface area contributed by atoms with Crippen molar-refractivity contribution in [3.63, 3.8) is 0 Å². The average Bonchev–Trinajstić information content (AvgIpc) is 3.08. The van der Waals surface area contributed by atoms with Gasteiger partial charge in [0.05, 0.1) is 23.3 Å². The Bertz CT molecular complexity index is 938. The molecule has 0 atom stereocenters. The summed E-state index contributed by atoms with van der Waals surface area (Å²) in [5.41, 5.74) is 9.48. The van der Waals surface area contributed by atoms with Gasteiger partial charge in [-0.1, -0.05) is 30.3 Å². The maximum absolute atomic E-state index is 11.6. The van der Waals surface area contributed by atoms with Crippen molar-refractivity contribution in [1.82, 2.24) is 4.98 Å². The number of sulfonamides is 1. The van der Waals surface area contributed by atoms with Crippen molar-refractivity contribution in [2.45, 2.75) is 0 Å². The molecule has 1 heterocycles. The van der Waals surface area contributed by atoms with Gasteiger partial charge in [0.1, 0.15) is 0 Å². The highest BCUT2D eigenvalue weighted by Gasteiger charge is 2.12. The van der Waals surface area contributed by atoms with Crippen molar-refractivity contribution in [2.75, 3.05) is 28.5 Å². The van der Waals surface area contributed by atoms with Crippen LogP contribution in [0.5, 0.6) is 0 Å². The fourth-order valence-corrected chi connectivity index (χ4v) is 3.32. The molecule has 1 aromatic heterocycles. The molecule has 0 aliphatic heterocycles. The summed E-state index contributed by atoms with van der Waals surface area (Å²) in [7, 11) is -1.73. The molecule has 0 amide bonds. The Morgan fingerprint density at radius 1 is 1.00 bits per heavy atom. The third-order valence-electron chi connectivity index (χ3n) is 3.62. The third kappa shape index (κ3) is 4.28. The molecule has 0 radical (unpaired) electrons. The highest BCUT2D eigenvalue weighted by molar-refractivity contribution is 7.92. The number of anilines is 3. The zero-order valence-corrected chi connectivity index (χ0v) is 15.4. The van der Waals surface area contributed by atoms with Crippen LogP contribution in [0.4, 0.5) is 16.5 Å². The molecule has 6 nitrogen and oxygen atoms in total. The van der Waals surface area contributed by atoms with Crippen LogP contribution >= 0.6 is 11.3 Å². The van der Waals surface area contributed by atoms with E-state index in [2.05, 4.69) is 15.8 Å². The highest BCUT2D eigenvalue weighted by atomic mass is 32.2. The first kappa shape index (κ1) is 17.2. The lowest BCUT2D eigenvalue weighted by Gasteiger charge is -2.16. The van der Waals surface area contributed by atoms with Gasteiger partial charge in [-0.3, -0.25) is 15.2 Å².